The van der Waals surface area contributed by atoms with E-state index in [0.29, 0.717) is 17.9 Å². The van der Waals surface area contributed by atoms with E-state index in [2.05, 4.69) is 59.1 Å². The Morgan fingerprint density at radius 1 is 1.07 bits per heavy atom. The SMILES string of the molecule is CCCSc1nnc(CNC(=O)c2ccc(C(C)(C)C)cc2)n1-c1ccc(Br)cc1. The Bertz CT molecular complexity index is 992. The summed E-state index contributed by atoms with van der Waals surface area (Å²) in [5.74, 6) is 1.54. The number of carbonyl (C=O) groups excluding carboxylic acids is 1. The molecule has 0 aliphatic carbocycles. The zero-order valence-electron chi connectivity index (χ0n) is 17.8. The molecule has 5 nitrogen and oxygen atoms in total. The van der Waals surface area contributed by atoms with Crippen molar-refractivity contribution < 1.29 is 4.79 Å². The summed E-state index contributed by atoms with van der Waals surface area (Å²) in [7, 11) is 0. The second-order valence-electron chi connectivity index (χ2n) is 8.07. The number of thioether (sulfide) groups is 1. The van der Waals surface area contributed by atoms with E-state index < -0.39 is 0 Å². The third-order valence-electron chi connectivity index (χ3n) is 4.64. The number of nitrogens with zero attached hydrogens (tertiary/aromatic N) is 3. The molecule has 1 N–H and O–H groups in total. The van der Waals surface area contributed by atoms with E-state index in [1.165, 1.54) is 5.56 Å². The van der Waals surface area contributed by atoms with Gasteiger partial charge >= 0.3 is 0 Å². The average molecular weight is 487 g/mol. The largest absolute Gasteiger partial charge is 0.345 e. The average Bonchev–Trinajstić information content (AvgIpc) is 3.13. The smallest absolute Gasteiger partial charge is 0.251 e. The summed E-state index contributed by atoms with van der Waals surface area (Å²) in [5, 5.41) is 12.5. The van der Waals surface area contributed by atoms with Crippen LogP contribution in [0, 0.1) is 0 Å². The van der Waals surface area contributed by atoms with Gasteiger partial charge in [0.25, 0.3) is 5.91 Å². The van der Waals surface area contributed by atoms with Crippen molar-refractivity contribution in [2.45, 2.75) is 51.2 Å². The molecule has 0 unspecified atom stereocenters. The number of halogens is 1. The van der Waals surface area contributed by atoms with Gasteiger partial charge in [-0.3, -0.25) is 9.36 Å². The minimum atomic E-state index is -0.122. The summed E-state index contributed by atoms with van der Waals surface area (Å²) in [6, 6.07) is 15.8. The monoisotopic (exact) mass is 486 g/mol. The van der Waals surface area contributed by atoms with Crippen LogP contribution in [0.2, 0.25) is 0 Å². The lowest BCUT2D eigenvalue weighted by Gasteiger charge is -2.19. The molecule has 3 rings (SSSR count). The summed E-state index contributed by atoms with van der Waals surface area (Å²) in [6.07, 6.45) is 1.05. The maximum Gasteiger partial charge on any atom is 0.251 e. The zero-order valence-corrected chi connectivity index (χ0v) is 20.2. The molecule has 3 aromatic rings. The van der Waals surface area contributed by atoms with Crippen LogP contribution < -0.4 is 5.32 Å². The van der Waals surface area contributed by atoms with Crippen LogP contribution in [0.15, 0.2) is 58.2 Å². The lowest BCUT2D eigenvalue weighted by atomic mass is 9.87. The van der Waals surface area contributed by atoms with E-state index in [4.69, 9.17) is 0 Å². The highest BCUT2D eigenvalue weighted by atomic mass is 79.9. The van der Waals surface area contributed by atoms with Gasteiger partial charge in [0.05, 0.1) is 6.54 Å². The molecule has 0 saturated carbocycles. The van der Waals surface area contributed by atoms with E-state index in [9.17, 15) is 4.79 Å². The highest BCUT2D eigenvalue weighted by Gasteiger charge is 2.17. The molecule has 158 valence electrons. The predicted molar refractivity (Wildman–Crippen MR) is 126 cm³/mol. The molecule has 1 heterocycles. The molecule has 0 fully saturated rings. The maximum absolute atomic E-state index is 12.7. The molecule has 0 radical (unpaired) electrons. The Kier molecular flexibility index (Phi) is 7.36. The fourth-order valence-electron chi connectivity index (χ4n) is 2.93. The van der Waals surface area contributed by atoms with Gasteiger partial charge in [0, 0.05) is 21.5 Å². The van der Waals surface area contributed by atoms with Gasteiger partial charge < -0.3 is 5.32 Å². The number of nitrogens with one attached hydrogen (secondary N) is 1. The second kappa shape index (κ2) is 9.79. The third kappa shape index (κ3) is 5.52. The second-order valence-corrected chi connectivity index (χ2v) is 10.0. The maximum atomic E-state index is 12.7. The molecule has 0 atom stereocenters. The quantitative estimate of drug-likeness (QED) is 0.431. The van der Waals surface area contributed by atoms with Crippen molar-refractivity contribution in [3.8, 4) is 5.69 Å². The van der Waals surface area contributed by atoms with Crippen molar-refractivity contribution in [2.75, 3.05) is 5.75 Å². The van der Waals surface area contributed by atoms with Crippen LogP contribution in [-0.4, -0.2) is 26.4 Å². The van der Waals surface area contributed by atoms with Crippen LogP contribution in [0.3, 0.4) is 0 Å². The Morgan fingerprint density at radius 3 is 2.33 bits per heavy atom. The van der Waals surface area contributed by atoms with Crippen LogP contribution in [0.5, 0.6) is 0 Å². The van der Waals surface area contributed by atoms with Crippen molar-refractivity contribution in [1.82, 2.24) is 20.1 Å². The number of aromatic nitrogens is 3. The lowest BCUT2D eigenvalue weighted by molar-refractivity contribution is 0.0949. The van der Waals surface area contributed by atoms with Crippen molar-refractivity contribution >= 4 is 33.6 Å². The molecule has 2 aromatic carbocycles. The fourth-order valence-corrected chi connectivity index (χ4v) is 4.02. The third-order valence-corrected chi connectivity index (χ3v) is 6.30. The predicted octanol–water partition coefficient (Wildman–Crippen LogP) is 5.76. The van der Waals surface area contributed by atoms with Gasteiger partial charge in [0.2, 0.25) is 0 Å². The van der Waals surface area contributed by atoms with E-state index in [-0.39, 0.29) is 11.3 Å². The molecule has 0 saturated heterocycles. The number of benzene rings is 2. The van der Waals surface area contributed by atoms with E-state index >= 15 is 0 Å². The van der Waals surface area contributed by atoms with Gasteiger partial charge in [0.1, 0.15) is 0 Å². The Balaban J connectivity index is 1.78. The highest BCUT2D eigenvalue weighted by Crippen LogP contribution is 2.24. The number of amides is 1. The van der Waals surface area contributed by atoms with Crippen LogP contribution >= 0.6 is 27.7 Å². The summed E-state index contributed by atoms with van der Waals surface area (Å²) in [4.78, 5) is 12.7. The van der Waals surface area contributed by atoms with Crippen molar-refractivity contribution in [3.05, 3.63) is 70.0 Å². The first kappa shape index (κ1) is 22.6. The molecule has 0 aliphatic heterocycles. The summed E-state index contributed by atoms with van der Waals surface area (Å²) in [6.45, 7) is 8.91. The van der Waals surface area contributed by atoms with Crippen LogP contribution in [0.25, 0.3) is 5.69 Å². The van der Waals surface area contributed by atoms with E-state index in [1.54, 1.807) is 11.8 Å². The summed E-state index contributed by atoms with van der Waals surface area (Å²) < 4.78 is 3.02. The first-order valence-corrected chi connectivity index (χ1v) is 11.8. The Morgan fingerprint density at radius 2 is 1.73 bits per heavy atom. The van der Waals surface area contributed by atoms with Crippen molar-refractivity contribution in [2.24, 2.45) is 0 Å². The van der Waals surface area contributed by atoms with E-state index in [0.717, 1.165) is 27.5 Å². The van der Waals surface area contributed by atoms with Crippen molar-refractivity contribution in [3.63, 3.8) is 0 Å². The summed E-state index contributed by atoms with van der Waals surface area (Å²) in [5.41, 5.74) is 2.87. The van der Waals surface area contributed by atoms with Gasteiger partial charge in [-0.1, -0.05) is 67.5 Å². The highest BCUT2D eigenvalue weighted by molar-refractivity contribution is 9.10. The summed E-state index contributed by atoms with van der Waals surface area (Å²) >= 11 is 5.14. The Hall–Kier alpha value is -2.12. The topological polar surface area (TPSA) is 59.8 Å². The molecular formula is C23H27BrN4OS. The van der Waals surface area contributed by atoms with Crippen molar-refractivity contribution in [1.29, 1.82) is 0 Å². The molecule has 1 aromatic heterocycles. The fraction of sp³-hybridized carbons (Fsp3) is 0.348. The van der Waals surface area contributed by atoms with Gasteiger partial charge in [-0.2, -0.15) is 0 Å². The van der Waals surface area contributed by atoms with Gasteiger partial charge in [-0.25, -0.2) is 0 Å². The number of carbonyl (C=O) groups is 1. The van der Waals surface area contributed by atoms with Gasteiger partial charge in [-0.15, -0.1) is 10.2 Å². The normalized spacial score (nSPS) is 11.5. The molecule has 0 bridgehead atoms. The van der Waals surface area contributed by atoms with E-state index in [1.807, 2.05) is 53.1 Å². The molecule has 30 heavy (non-hydrogen) atoms. The minimum absolute atomic E-state index is 0.0582. The molecule has 1 amide bonds. The number of rotatable bonds is 7. The molecule has 0 aliphatic rings. The standard InChI is InChI=1S/C23H27BrN4OS/c1-5-14-30-22-27-26-20(28(22)19-12-10-18(24)11-13-19)15-25-21(29)16-6-8-17(9-7-16)23(2,3)4/h6-13H,5,14-15H2,1-4H3,(H,25,29). The van der Waals surface area contributed by atoms with Gasteiger partial charge in [0.15, 0.2) is 11.0 Å². The number of hydrogen-bond donors (Lipinski definition) is 1. The number of hydrogen-bond acceptors (Lipinski definition) is 4. The molecular weight excluding hydrogens is 460 g/mol. The minimum Gasteiger partial charge on any atom is -0.345 e. The Labute approximate surface area is 190 Å². The van der Waals surface area contributed by atoms with Crippen LogP contribution in [0.4, 0.5) is 0 Å². The first-order chi connectivity index (χ1) is 14.3. The zero-order chi connectivity index (χ0) is 21.7. The molecule has 0 spiro atoms. The lowest BCUT2D eigenvalue weighted by Crippen LogP contribution is -2.25. The first-order valence-electron chi connectivity index (χ1n) is 10.0. The van der Waals surface area contributed by atoms with Crippen LogP contribution in [-0.2, 0) is 12.0 Å². The molecule has 7 heteroatoms. The van der Waals surface area contributed by atoms with Crippen LogP contribution in [0.1, 0.15) is 55.9 Å². The van der Waals surface area contributed by atoms with Gasteiger partial charge in [-0.05, 0) is 53.8 Å².